The van der Waals surface area contributed by atoms with E-state index in [4.69, 9.17) is 4.98 Å². The lowest BCUT2D eigenvalue weighted by atomic mass is 10.1. The Morgan fingerprint density at radius 1 is 1.11 bits per heavy atom. The molecule has 1 saturated carbocycles. The van der Waals surface area contributed by atoms with Crippen molar-refractivity contribution in [2.75, 3.05) is 27.2 Å². The maximum absolute atomic E-state index is 13.7. The van der Waals surface area contributed by atoms with Crippen LogP contribution in [0, 0.1) is 5.21 Å². The Morgan fingerprint density at radius 3 is 2.40 bits per heavy atom. The number of hydrogen-bond acceptors (Lipinski definition) is 4. The van der Waals surface area contributed by atoms with Crippen molar-refractivity contribution in [1.29, 1.82) is 0 Å². The van der Waals surface area contributed by atoms with Gasteiger partial charge >= 0.3 is 0 Å². The molecule has 0 spiro atoms. The van der Waals surface area contributed by atoms with Crippen LogP contribution in [0.5, 0.6) is 0 Å². The molecule has 1 atom stereocenters. The van der Waals surface area contributed by atoms with Crippen molar-refractivity contribution in [3.05, 3.63) is 103 Å². The molecule has 4 rings (SSSR count). The molecule has 0 amide bonds. The van der Waals surface area contributed by atoms with Crippen LogP contribution in [-0.2, 0) is 13.1 Å². The fraction of sp³-hybridized carbons (Fsp3) is 0.429. The third-order valence-electron chi connectivity index (χ3n) is 6.66. The lowest BCUT2D eigenvalue weighted by molar-refractivity contribution is -0.839. The summed E-state index contributed by atoms with van der Waals surface area (Å²) in [7, 11) is 3.35. The predicted octanol–water partition coefficient (Wildman–Crippen LogP) is 5.46. The minimum Gasteiger partial charge on any atom is -0.633 e. The maximum Gasteiger partial charge on any atom is 0.257 e. The van der Waals surface area contributed by atoms with Crippen LogP contribution in [0.25, 0.3) is 0 Å². The van der Waals surface area contributed by atoms with Crippen LogP contribution >= 0.6 is 15.9 Å². The van der Waals surface area contributed by atoms with E-state index in [0.29, 0.717) is 32.1 Å². The standard InChI is InChI=1S/C28H35BrN4O2/c1-4-26(31(16-17-33(2,3)35)19-22-10-14-24(29)15-11-22)27-30-18-25(23-12-13-23)28(34)32(27)20-21-8-6-5-7-9-21/h5-11,14-15,18,23,26H,4,12-13,16-17,19-20H2,1-3H3. The second-order valence-corrected chi connectivity index (χ2v) is 11.0. The predicted molar refractivity (Wildman–Crippen MR) is 144 cm³/mol. The minimum atomic E-state index is -0.363. The van der Waals surface area contributed by atoms with Gasteiger partial charge in [0, 0.05) is 29.3 Å². The van der Waals surface area contributed by atoms with Crippen LogP contribution in [0.3, 0.4) is 0 Å². The zero-order valence-electron chi connectivity index (χ0n) is 20.9. The highest BCUT2D eigenvalue weighted by Gasteiger charge is 2.31. The van der Waals surface area contributed by atoms with Crippen LogP contribution < -0.4 is 5.56 Å². The quantitative estimate of drug-likeness (QED) is 0.240. The molecular formula is C28H35BrN4O2. The van der Waals surface area contributed by atoms with Gasteiger partial charge in [0.1, 0.15) is 5.82 Å². The van der Waals surface area contributed by atoms with E-state index in [2.05, 4.69) is 52.0 Å². The number of likely N-dealkylation sites (N-methyl/N-ethyl adjacent to an activating group) is 1. The first-order chi connectivity index (χ1) is 16.7. The molecule has 0 N–H and O–H groups in total. The summed E-state index contributed by atoms with van der Waals surface area (Å²) in [5, 5.41) is 12.5. The van der Waals surface area contributed by atoms with Crippen LogP contribution in [0.1, 0.15) is 60.7 Å². The molecule has 1 fully saturated rings. The number of halogens is 1. The molecule has 2 aromatic carbocycles. The third-order valence-corrected chi connectivity index (χ3v) is 7.18. The lowest BCUT2D eigenvalue weighted by Crippen LogP contribution is -2.43. The molecule has 0 saturated heterocycles. The van der Waals surface area contributed by atoms with E-state index in [1.165, 1.54) is 0 Å². The molecule has 3 aromatic rings. The van der Waals surface area contributed by atoms with Crippen molar-refractivity contribution in [1.82, 2.24) is 14.5 Å². The van der Waals surface area contributed by atoms with Crippen LogP contribution in [-0.4, -0.2) is 46.3 Å². The summed E-state index contributed by atoms with van der Waals surface area (Å²) in [6.45, 7) is 4.36. The number of rotatable bonds is 11. The Hall–Kier alpha value is -2.32. The molecule has 1 heterocycles. The van der Waals surface area contributed by atoms with Gasteiger partial charge < -0.3 is 9.85 Å². The maximum atomic E-state index is 13.7. The largest absolute Gasteiger partial charge is 0.633 e. The Morgan fingerprint density at radius 2 is 1.80 bits per heavy atom. The smallest absolute Gasteiger partial charge is 0.257 e. The van der Waals surface area contributed by atoms with Gasteiger partial charge in [-0.3, -0.25) is 14.3 Å². The first-order valence-electron chi connectivity index (χ1n) is 12.4. The summed E-state index contributed by atoms with van der Waals surface area (Å²) in [4.78, 5) is 20.9. The number of benzene rings is 2. The third kappa shape index (κ3) is 6.88. The summed E-state index contributed by atoms with van der Waals surface area (Å²) < 4.78 is 2.55. The van der Waals surface area contributed by atoms with Gasteiger partial charge in [0.25, 0.3) is 5.56 Å². The van der Waals surface area contributed by atoms with Gasteiger partial charge in [-0.1, -0.05) is 65.3 Å². The number of hydroxylamine groups is 3. The molecule has 1 aromatic heterocycles. The zero-order valence-corrected chi connectivity index (χ0v) is 22.4. The summed E-state index contributed by atoms with van der Waals surface area (Å²) in [6, 6.07) is 18.3. The second-order valence-electron chi connectivity index (χ2n) is 10.0. The number of nitrogens with zero attached hydrogens (tertiary/aromatic N) is 4. The summed E-state index contributed by atoms with van der Waals surface area (Å²) in [5.74, 6) is 1.11. The molecule has 35 heavy (non-hydrogen) atoms. The van der Waals surface area contributed by atoms with Gasteiger partial charge in [-0.05, 0) is 48.4 Å². The lowest BCUT2D eigenvalue weighted by Gasteiger charge is -2.38. The minimum absolute atomic E-state index is 0.0725. The fourth-order valence-corrected chi connectivity index (χ4v) is 4.79. The molecule has 1 aliphatic carbocycles. The first kappa shape index (κ1) is 25.8. The van der Waals surface area contributed by atoms with Gasteiger partial charge in [-0.15, -0.1) is 0 Å². The topological polar surface area (TPSA) is 61.2 Å². The van der Waals surface area contributed by atoms with Crippen LogP contribution in [0.15, 0.2) is 70.1 Å². The molecular weight excluding hydrogens is 504 g/mol. The second kappa shape index (κ2) is 11.2. The van der Waals surface area contributed by atoms with E-state index in [-0.39, 0.29) is 16.2 Å². The van der Waals surface area contributed by atoms with Crippen LogP contribution in [0.4, 0.5) is 0 Å². The molecule has 1 unspecified atom stereocenters. The highest BCUT2D eigenvalue weighted by Crippen LogP contribution is 2.38. The van der Waals surface area contributed by atoms with E-state index in [1.54, 1.807) is 14.1 Å². The van der Waals surface area contributed by atoms with E-state index in [0.717, 1.165) is 46.2 Å². The van der Waals surface area contributed by atoms with Crippen molar-refractivity contribution in [3.8, 4) is 0 Å². The monoisotopic (exact) mass is 538 g/mol. The summed E-state index contributed by atoms with van der Waals surface area (Å²) in [5.41, 5.74) is 3.14. The van der Waals surface area contributed by atoms with Gasteiger partial charge in [0.15, 0.2) is 0 Å². The molecule has 6 nitrogen and oxygen atoms in total. The van der Waals surface area contributed by atoms with Gasteiger partial charge in [-0.25, -0.2) is 4.98 Å². The highest BCUT2D eigenvalue weighted by atomic mass is 79.9. The molecule has 0 bridgehead atoms. The number of hydrogen-bond donors (Lipinski definition) is 0. The zero-order chi connectivity index (χ0) is 25.0. The van der Waals surface area contributed by atoms with Crippen molar-refractivity contribution in [2.45, 2.75) is 51.2 Å². The van der Waals surface area contributed by atoms with E-state index in [9.17, 15) is 10.0 Å². The Kier molecular flexibility index (Phi) is 8.22. The molecule has 186 valence electrons. The van der Waals surface area contributed by atoms with Crippen LogP contribution in [0.2, 0.25) is 0 Å². The first-order valence-corrected chi connectivity index (χ1v) is 13.2. The van der Waals surface area contributed by atoms with Gasteiger partial charge in [-0.2, -0.15) is 0 Å². The normalized spacial score (nSPS) is 14.9. The van der Waals surface area contributed by atoms with Gasteiger partial charge in [0.05, 0.1) is 33.2 Å². The fourth-order valence-electron chi connectivity index (χ4n) is 4.52. The van der Waals surface area contributed by atoms with E-state index >= 15 is 0 Å². The van der Waals surface area contributed by atoms with E-state index < -0.39 is 0 Å². The molecule has 7 heteroatoms. The SMILES string of the molecule is CCC(c1ncc(C2CC2)c(=O)n1Cc1ccccc1)N(CC[N+](C)(C)[O-])Cc1ccc(Br)cc1. The van der Waals surface area contributed by atoms with Crippen molar-refractivity contribution in [2.24, 2.45) is 0 Å². The summed E-state index contributed by atoms with van der Waals surface area (Å²) >= 11 is 3.51. The average molecular weight is 540 g/mol. The molecule has 0 aliphatic heterocycles. The number of quaternary nitrogens is 1. The van der Waals surface area contributed by atoms with E-state index in [1.807, 2.05) is 41.1 Å². The van der Waals surface area contributed by atoms with Crippen molar-refractivity contribution >= 4 is 15.9 Å². The number of aromatic nitrogens is 2. The Bertz CT molecular complexity index is 1170. The van der Waals surface area contributed by atoms with Gasteiger partial charge in [0.2, 0.25) is 0 Å². The molecule has 1 aliphatic rings. The van der Waals surface area contributed by atoms with Crippen molar-refractivity contribution in [3.63, 3.8) is 0 Å². The highest BCUT2D eigenvalue weighted by molar-refractivity contribution is 9.10. The summed E-state index contributed by atoms with van der Waals surface area (Å²) in [6.07, 6.45) is 4.72. The Balaban J connectivity index is 1.74. The van der Waals surface area contributed by atoms with Crippen molar-refractivity contribution < 1.29 is 4.65 Å². The molecule has 0 radical (unpaired) electrons. The Labute approximate surface area is 216 Å². The average Bonchev–Trinajstić information content (AvgIpc) is 3.67.